The van der Waals surface area contributed by atoms with Crippen LogP contribution in [0.3, 0.4) is 0 Å². The summed E-state index contributed by atoms with van der Waals surface area (Å²) in [4.78, 5) is 15.6. The zero-order valence-electron chi connectivity index (χ0n) is 10.6. The molecular weight excluding hydrogens is 250 g/mol. The molecule has 0 atom stereocenters. The number of aliphatic carboxylic acids is 1. The third-order valence-electron chi connectivity index (χ3n) is 2.82. The van der Waals surface area contributed by atoms with E-state index in [-0.39, 0.29) is 0 Å². The van der Waals surface area contributed by atoms with Crippen LogP contribution in [0.2, 0.25) is 0 Å². The maximum absolute atomic E-state index is 11.1. The standard InChI is InChI=1S/C13H15NO3S/c1-13(2,12(15)16)7-10-14-11-8(17-3)5-4-6-9(11)18-10/h4-6H,7H2,1-3H3,(H,15,16). The number of benzene rings is 1. The molecule has 0 aliphatic carbocycles. The smallest absolute Gasteiger partial charge is 0.309 e. The number of aromatic nitrogens is 1. The van der Waals surface area contributed by atoms with Crippen molar-refractivity contribution in [2.75, 3.05) is 7.11 Å². The molecule has 1 aromatic carbocycles. The molecule has 2 rings (SSSR count). The molecule has 2 aromatic rings. The minimum absolute atomic E-state index is 0.421. The highest BCUT2D eigenvalue weighted by Gasteiger charge is 2.29. The predicted molar refractivity (Wildman–Crippen MR) is 71.3 cm³/mol. The first kappa shape index (κ1) is 12.8. The average molecular weight is 265 g/mol. The van der Waals surface area contributed by atoms with Gasteiger partial charge in [0.25, 0.3) is 0 Å². The van der Waals surface area contributed by atoms with E-state index in [0.29, 0.717) is 6.42 Å². The number of para-hydroxylation sites is 1. The van der Waals surface area contributed by atoms with Crippen LogP contribution < -0.4 is 4.74 Å². The molecule has 0 saturated carbocycles. The predicted octanol–water partition coefficient (Wildman–Crippen LogP) is 2.96. The summed E-state index contributed by atoms with van der Waals surface area (Å²) in [5.74, 6) is -0.0862. The summed E-state index contributed by atoms with van der Waals surface area (Å²) in [6.07, 6.45) is 0.421. The lowest BCUT2D eigenvalue weighted by Crippen LogP contribution is -2.26. The molecule has 96 valence electrons. The second kappa shape index (κ2) is 4.57. The molecule has 0 aliphatic heterocycles. The van der Waals surface area contributed by atoms with Gasteiger partial charge in [-0.15, -0.1) is 11.3 Å². The van der Waals surface area contributed by atoms with Crippen molar-refractivity contribution in [1.82, 2.24) is 4.98 Å². The van der Waals surface area contributed by atoms with Gasteiger partial charge in [0.15, 0.2) is 0 Å². The van der Waals surface area contributed by atoms with E-state index in [1.54, 1.807) is 21.0 Å². The number of hydrogen-bond donors (Lipinski definition) is 1. The van der Waals surface area contributed by atoms with Gasteiger partial charge in [0.05, 0.1) is 22.2 Å². The Balaban J connectivity index is 2.39. The maximum Gasteiger partial charge on any atom is 0.309 e. The highest BCUT2D eigenvalue weighted by Crippen LogP contribution is 2.32. The Labute approximate surface area is 109 Å². The monoisotopic (exact) mass is 265 g/mol. The average Bonchev–Trinajstić information content (AvgIpc) is 2.69. The Morgan fingerprint density at radius 2 is 2.22 bits per heavy atom. The van der Waals surface area contributed by atoms with Gasteiger partial charge in [-0.05, 0) is 26.0 Å². The summed E-state index contributed by atoms with van der Waals surface area (Å²) in [5, 5.41) is 9.95. The summed E-state index contributed by atoms with van der Waals surface area (Å²) in [6, 6.07) is 5.73. The van der Waals surface area contributed by atoms with Crippen LogP contribution in [0.4, 0.5) is 0 Å². The van der Waals surface area contributed by atoms with Crippen LogP contribution in [0.1, 0.15) is 18.9 Å². The Morgan fingerprint density at radius 3 is 2.83 bits per heavy atom. The highest BCUT2D eigenvalue weighted by molar-refractivity contribution is 7.18. The van der Waals surface area contributed by atoms with Crippen molar-refractivity contribution in [2.45, 2.75) is 20.3 Å². The Bertz CT molecular complexity index is 589. The molecule has 5 heteroatoms. The van der Waals surface area contributed by atoms with Crippen molar-refractivity contribution >= 4 is 27.5 Å². The fraction of sp³-hybridized carbons (Fsp3) is 0.385. The van der Waals surface area contributed by atoms with Gasteiger partial charge in [-0.2, -0.15) is 0 Å². The van der Waals surface area contributed by atoms with E-state index in [2.05, 4.69) is 4.98 Å². The second-order valence-electron chi connectivity index (χ2n) is 4.78. The summed E-state index contributed by atoms with van der Waals surface area (Å²) < 4.78 is 6.27. The van der Waals surface area contributed by atoms with Crippen LogP contribution in [-0.2, 0) is 11.2 Å². The number of nitrogens with zero attached hydrogens (tertiary/aromatic N) is 1. The van der Waals surface area contributed by atoms with Crippen molar-refractivity contribution in [1.29, 1.82) is 0 Å². The fourth-order valence-electron chi connectivity index (χ4n) is 1.66. The number of fused-ring (bicyclic) bond motifs is 1. The molecular formula is C13H15NO3S. The molecule has 1 heterocycles. The first-order chi connectivity index (χ1) is 8.44. The first-order valence-corrected chi connectivity index (χ1v) is 6.41. The van der Waals surface area contributed by atoms with Gasteiger partial charge in [-0.3, -0.25) is 4.79 Å². The molecule has 0 radical (unpaired) electrons. The van der Waals surface area contributed by atoms with Crippen molar-refractivity contribution < 1.29 is 14.6 Å². The van der Waals surface area contributed by atoms with E-state index in [1.165, 1.54) is 11.3 Å². The van der Waals surface area contributed by atoms with E-state index < -0.39 is 11.4 Å². The van der Waals surface area contributed by atoms with Gasteiger partial charge >= 0.3 is 5.97 Å². The molecule has 0 spiro atoms. The quantitative estimate of drug-likeness (QED) is 0.923. The normalized spacial score (nSPS) is 11.7. The van der Waals surface area contributed by atoms with Crippen LogP contribution in [0, 0.1) is 5.41 Å². The third kappa shape index (κ3) is 2.31. The van der Waals surface area contributed by atoms with E-state index in [0.717, 1.165) is 21.0 Å². The molecule has 0 bridgehead atoms. The number of hydrogen-bond acceptors (Lipinski definition) is 4. The van der Waals surface area contributed by atoms with Crippen LogP contribution in [0.15, 0.2) is 18.2 Å². The van der Waals surface area contributed by atoms with E-state index in [9.17, 15) is 4.79 Å². The zero-order chi connectivity index (χ0) is 13.3. The molecule has 4 nitrogen and oxygen atoms in total. The lowest BCUT2D eigenvalue weighted by molar-refractivity contribution is -0.146. The topological polar surface area (TPSA) is 59.4 Å². The van der Waals surface area contributed by atoms with Crippen LogP contribution >= 0.6 is 11.3 Å². The second-order valence-corrected chi connectivity index (χ2v) is 5.90. The van der Waals surface area contributed by atoms with Gasteiger partial charge in [0.1, 0.15) is 11.3 Å². The Kier molecular flexibility index (Phi) is 3.26. The van der Waals surface area contributed by atoms with Crippen LogP contribution in [-0.4, -0.2) is 23.2 Å². The van der Waals surface area contributed by atoms with Crippen LogP contribution in [0.25, 0.3) is 10.2 Å². The molecule has 0 amide bonds. The molecule has 0 aliphatic rings. The number of rotatable bonds is 4. The largest absolute Gasteiger partial charge is 0.494 e. The molecule has 0 saturated heterocycles. The van der Waals surface area contributed by atoms with E-state index >= 15 is 0 Å². The lowest BCUT2D eigenvalue weighted by Gasteiger charge is -2.16. The van der Waals surface area contributed by atoms with Gasteiger partial charge in [0.2, 0.25) is 0 Å². The summed E-state index contributed by atoms with van der Waals surface area (Å²) in [5.41, 5.74) is 0.00220. The number of carboxylic acid groups (broad SMARTS) is 1. The third-order valence-corrected chi connectivity index (χ3v) is 3.84. The van der Waals surface area contributed by atoms with Gasteiger partial charge in [-0.25, -0.2) is 4.98 Å². The van der Waals surface area contributed by atoms with Crippen molar-refractivity contribution in [2.24, 2.45) is 5.41 Å². The number of thiazole rings is 1. The van der Waals surface area contributed by atoms with Gasteiger partial charge < -0.3 is 9.84 Å². The minimum Gasteiger partial charge on any atom is -0.494 e. The fourth-order valence-corrected chi connectivity index (χ4v) is 2.88. The lowest BCUT2D eigenvalue weighted by atomic mass is 9.90. The molecule has 0 unspecified atom stereocenters. The highest BCUT2D eigenvalue weighted by atomic mass is 32.1. The van der Waals surface area contributed by atoms with Gasteiger partial charge in [-0.1, -0.05) is 6.07 Å². The number of methoxy groups -OCH3 is 1. The van der Waals surface area contributed by atoms with Gasteiger partial charge in [0, 0.05) is 6.42 Å². The number of carboxylic acids is 1. The summed E-state index contributed by atoms with van der Waals surface area (Å²) >= 11 is 1.52. The summed E-state index contributed by atoms with van der Waals surface area (Å²) in [7, 11) is 1.61. The maximum atomic E-state index is 11.1. The molecule has 1 N–H and O–H groups in total. The first-order valence-electron chi connectivity index (χ1n) is 5.60. The summed E-state index contributed by atoms with van der Waals surface area (Å²) in [6.45, 7) is 3.41. The van der Waals surface area contributed by atoms with E-state index in [4.69, 9.17) is 9.84 Å². The SMILES string of the molecule is COc1cccc2sc(CC(C)(C)C(=O)O)nc12. The molecule has 0 fully saturated rings. The van der Waals surface area contributed by atoms with Crippen molar-refractivity contribution in [3.8, 4) is 5.75 Å². The van der Waals surface area contributed by atoms with Crippen LogP contribution in [0.5, 0.6) is 5.75 Å². The Morgan fingerprint density at radius 1 is 1.50 bits per heavy atom. The molecule has 18 heavy (non-hydrogen) atoms. The minimum atomic E-state index is -0.811. The van der Waals surface area contributed by atoms with E-state index in [1.807, 2.05) is 18.2 Å². The zero-order valence-corrected chi connectivity index (χ0v) is 11.4. The van der Waals surface area contributed by atoms with Crippen molar-refractivity contribution in [3.63, 3.8) is 0 Å². The Hall–Kier alpha value is -1.62. The number of carbonyl (C=O) groups is 1. The molecule has 1 aromatic heterocycles. The number of ether oxygens (including phenoxy) is 1. The van der Waals surface area contributed by atoms with Crippen molar-refractivity contribution in [3.05, 3.63) is 23.2 Å².